The first-order valence-electron chi connectivity index (χ1n) is 5.17. The Balaban J connectivity index is 2.36. The highest BCUT2D eigenvalue weighted by Crippen LogP contribution is 2.30. The number of rotatable bonds is 1. The number of hydrogen-bond donors (Lipinski definition) is 1. The Morgan fingerprint density at radius 1 is 1.33 bits per heavy atom. The minimum atomic E-state index is 0.461. The fourth-order valence-corrected chi connectivity index (χ4v) is 2.38. The molecule has 7 heteroatoms. The van der Waals surface area contributed by atoms with E-state index >= 15 is 0 Å². The molecule has 2 N–H and O–H groups in total. The molecule has 0 aliphatic heterocycles. The number of imidazole rings is 2. The molecule has 3 aromatic rings. The van der Waals surface area contributed by atoms with Crippen molar-refractivity contribution in [3.63, 3.8) is 0 Å². The van der Waals surface area contributed by atoms with Crippen LogP contribution >= 0.6 is 23.2 Å². The van der Waals surface area contributed by atoms with E-state index in [-0.39, 0.29) is 0 Å². The van der Waals surface area contributed by atoms with Gasteiger partial charge >= 0.3 is 0 Å². The lowest BCUT2D eigenvalue weighted by atomic mass is 10.3. The maximum absolute atomic E-state index is 6.10. The van der Waals surface area contributed by atoms with E-state index in [9.17, 15) is 0 Å². The molecule has 0 amide bonds. The molecule has 0 spiro atoms. The third kappa shape index (κ3) is 1.55. The van der Waals surface area contributed by atoms with Gasteiger partial charge in [-0.05, 0) is 6.07 Å². The number of nitrogens with two attached hydrogens (primary N) is 1. The van der Waals surface area contributed by atoms with Crippen LogP contribution < -0.4 is 5.73 Å². The summed E-state index contributed by atoms with van der Waals surface area (Å²) in [5.41, 5.74) is 8.12. The van der Waals surface area contributed by atoms with Crippen molar-refractivity contribution in [2.45, 2.75) is 0 Å². The van der Waals surface area contributed by atoms with Gasteiger partial charge in [-0.15, -0.1) is 0 Å². The van der Waals surface area contributed by atoms with Gasteiger partial charge in [0.1, 0.15) is 11.5 Å². The zero-order valence-corrected chi connectivity index (χ0v) is 10.9. The Kier molecular flexibility index (Phi) is 2.46. The van der Waals surface area contributed by atoms with Crippen molar-refractivity contribution in [1.82, 2.24) is 18.9 Å². The summed E-state index contributed by atoms with van der Waals surface area (Å²) in [5, 5.41) is 0.968. The molecule has 5 nitrogen and oxygen atoms in total. The van der Waals surface area contributed by atoms with Crippen LogP contribution in [0.3, 0.4) is 0 Å². The second kappa shape index (κ2) is 3.90. The summed E-state index contributed by atoms with van der Waals surface area (Å²) in [6.07, 6.45) is 5.08. The Morgan fingerprint density at radius 3 is 2.78 bits per heavy atom. The molecule has 3 rings (SSSR count). The highest BCUT2D eigenvalue weighted by molar-refractivity contribution is 6.36. The van der Waals surface area contributed by atoms with Gasteiger partial charge in [-0.2, -0.15) is 0 Å². The summed E-state index contributed by atoms with van der Waals surface area (Å²) in [6, 6.07) is 1.64. The SMILES string of the molecule is Cn1cncc1-c1nc2c(Cl)cc(Cl)cn2c1N. The van der Waals surface area contributed by atoms with Crippen LogP contribution in [0.5, 0.6) is 0 Å². The summed E-state index contributed by atoms with van der Waals surface area (Å²) in [4.78, 5) is 8.49. The maximum Gasteiger partial charge on any atom is 0.158 e. The minimum Gasteiger partial charge on any atom is -0.383 e. The number of nitrogen functional groups attached to an aromatic ring is 1. The fraction of sp³-hybridized carbons (Fsp3) is 0.0909. The van der Waals surface area contributed by atoms with Gasteiger partial charge < -0.3 is 10.3 Å². The molecular weight excluding hydrogens is 273 g/mol. The fourth-order valence-electron chi connectivity index (χ4n) is 1.86. The molecule has 0 bridgehead atoms. The molecule has 0 saturated carbocycles. The minimum absolute atomic E-state index is 0.461. The first-order valence-corrected chi connectivity index (χ1v) is 5.93. The van der Waals surface area contributed by atoms with Crippen molar-refractivity contribution in [2.24, 2.45) is 7.05 Å². The van der Waals surface area contributed by atoms with Crippen molar-refractivity contribution < 1.29 is 0 Å². The molecule has 0 unspecified atom stereocenters. The lowest BCUT2D eigenvalue weighted by Crippen LogP contribution is -1.96. The molecule has 0 fully saturated rings. The Labute approximate surface area is 113 Å². The number of anilines is 1. The van der Waals surface area contributed by atoms with E-state index in [1.165, 1.54) is 0 Å². The molecule has 0 aromatic carbocycles. The van der Waals surface area contributed by atoms with Crippen LogP contribution in [0.15, 0.2) is 24.8 Å². The summed E-state index contributed by atoms with van der Waals surface area (Å²) in [5.74, 6) is 0.484. The van der Waals surface area contributed by atoms with Crippen LogP contribution in [0, 0.1) is 0 Å². The third-order valence-electron chi connectivity index (χ3n) is 2.74. The van der Waals surface area contributed by atoms with E-state index in [1.54, 1.807) is 29.2 Å². The van der Waals surface area contributed by atoms with Crippen molar-refractivity contribution >= 4 is 34.7 Å². The smallest absolute Gasteiger partial charge is 0.158 e. The van der Waals surface area contributed by atoms with E-state index < -0.39 is 0 Å². The summed E-state index contributed by atoms with van der Waals surface area (Å²) >= 11 is 12.1. The average Bonchev–Trinajstić information content (AvgIpc) is 2.85. The molecule has 0 aliphatic rings. The third-order valence-corrected chi connectivity index (χ3v) is 3.22. The number of aryl methyl sites for hydroxylation is 1. The maximum atomic E-state index is 6.10. The van der Waals surface area contributed by atoms with Gasteiger partial charge in [0.2, 0.25) is 0 Å². The molecule has 0 aliphatic carbocycles. The van der Waals surface area contributed by atoms with Crippen LogP contribution in [0.4, 0.5) is 5.82 Å². The molecular formula is C11H9Cl2N5. The van der Waals surface area contributed by atoms with Crippen LogP contribution in [-0.2, 0) is 7.05 Å². The van der Waals surface area contributed by atoms with Gasteiger partial charge in [-0.1, -0.05) is 23.2 Å². The van der Waals surface area contributed by atoms with Gasteiger partial charge in [-0.25, -0.2) is 9.97 Å². The predicted molar refractivity (Wildman–Crippen MR) is 71.8 cm³/mol. The van der Waals surface area contributed by atoms with Crippen LogP contribution in [0.25, 0.3) is 17.0 Å². The van der Waals surface area contributed by atoms with Crippen molar-refractivity contribution in [3.05, 3.63) is 34.8 Å². The molecule has 3 heterocycles. The van der Waals surface area contributed by atoms with Gasteiger partial charge in [0.25, 0.3) is 0 Å². The first kappa shape index (κ1) is 11.4. The number of nitrogens with zero attached hydrogens (tertiary/aromatic N) is 4. The highest BCUT2D eigenvalue weighted by atomic mass is 35.5. The van der Waals surface area contributed by atoms with Crippen LogP contribution in [0.1, 0.15) is 0 Å². The van der Waals surface area contributed by atoms with Crippen molar-refractivity contribution in [1.29, 1.82) is 0 Å². The van der Waals surface area contributed by atoms with E-state index in [2.05, 4.69) is 9.97 Å². The molecule has 3 aromatic heterocycles. The van der Waals surface area contributed by atoms with Gasteiger partial charge in [0.05, 0.1) is 28.3 Å². The number of fused-ring (bicyclic) bond motifs is 1. The molecule has 0 atom stereocenters. The second-order valence-electron chi connectivity index (χ2n) is 3.94. The number of hydrogen-bond acceptors (Lipinski definition) is 3. The zero-order valence-electron chi connectivity index (χ0n) is 9.43. The average molecular weight is 282 g/mol. The summed E-state index contributed by atoms with van der Waals surface area (Å²) < 4.78 is 3.51. The predicted octanol–water partition coefficient (Wildman–Crippen LogP) is 2.62. The molecule has 92 valence electrons. The highest BCUT2D eigenvalue weighted by Gasteiger charge is 2.16. The number of aromatic nitrogens is 4. The molecule has 18 heavy (non-hydrogen) atoms. The monoisotopic (exact) mass is 281 g/mol. The normalized spacial score (nSPS) is 11.3. The van der Waals surface area contributed by atoms with E-state index in [0.29, 0.717) is 27.2 Å². The van der Waals surface area contributed by atoms with E-state index in [0.717, 1.165) is 5.69 Å². The quantitative estimate of drug-likeness (QED) is 0.746. The van der Waals surface area contributed by atoms with Gasteiger partial charge in [-0.3, -0.25) is 4.40 Å². The zero-order chi connectivity index (χ0) is 12.9. The standard InChI is InChI=1S/C11H9Cl2N5/c1-17-5-15-3-8(17)9-10(14)18-4-6(12)2-7(13)11(18)16-9/h2-5H,14H2,1H3. The van der Waals surface area contributed by atoms with Gasteiger partial charge in [0, 0.05) is 13.2 Å². The van der Waals surface area contributed by atoms with E-state index in [1.807, 2.05) is 11.6 Å². The Morgan fingerprint density at radius 2 is 2.11 bits per heavy atom. The lowest BCUT2D eigenvalue weighted by Gasteiger charge is -2.00. The first-order chi connectivity index (χ1) is 8.58. The number of halogens is 2. The topological polar surface area (TPSA) is 61.1 Å². The van der Waals surface area contributed by atoms with Gasteiger partial charge in [0.15, 0.2) is 5.65 Å². The summed E-state index contributed by atoms with van der Waals surface area (Å²) in [7, 11) is 1.88. The van der Waals surface area contributed by atoms with Crippen molar-refractivity contribution in [2.75, 3.05) is 5.73 Å². The van der Waals surface area contributed by atoms with Crippen molar-refractivity contribution in [3.8, 4) is 11.4 Å². The molecule has 0 radical (unpaired) electrons. The van der Waals surface area contributed by atoms with Crippen LogP contribution in [-0.4, -0.2) is 18.9 Å². The second-order valence-corrected chi connectivity index (χ2v) is 4.78. The Hall–Kier alpha value is -1.72. The van der Waals surface area contributed by atoms with E-state index in [4.69, 9.17) is 28.9 Å². The largest absolute Gasteiger partial charge is 0.383 e. The summed E-state index contributed by atoms with van der Waals surface area (Å²) in [6.45, 7) is 0. The van der Waals surface area contributed by atoms with Crippen LogP contribution in [0.2, 0.25) is 10.0 Å². The Bertz CT molecular complexity index is 743. The molecule has 0 saturated heterocycles. The lowest BCUT2D eigenvalue weighted by molar-refractivity contribution is 0.918. The number of pyridine rings is 1.